The van der Waals surface area contributed by atoms with Gasteiger partial charge in [-0.1, -0.05) is 18.2 Å². The highest BCUT2D eigenvalue weighted by Gasteiger charge is 2.37. The van der Waals surface area contributed by atoms with E-state index in [2.05, 4.69) is 9.80 Å². The van der Waals surface area contributed by atoms with E-state index in [9.17, 15) is 36.2 Å². The molecular weight excluding hydrogens is 526 g/mol. The SMILES string of the molecule is O=C(O)C1CCC(N2CCN(CCc3ccccc3OCc3cc(C(F)(F)F)cc(C(F)(F)F)c3)CC2)CC1. The maximum absolute atomic E-state index is 13.2. The molecule has 0 spiro atoms. The molecule has 39 heavy (non-hydrogen) atoms. The molecule has 1 N–H and O–H groups in total. The zero-order valence-corrected chi connectivity index (χ0v) is 21.4. The normalized spacial score (nSPS) is 21.6. The van der Waals surface area contributed by atoms with Crippen LogP contribution in [0.1, 0.15) is 47.9 Å². The predicted octanol–water partition coefficient (Wildman–Crippen LogP) is 6.11. The van der Waals surface area contributed by atoms with E-state index in [4.69, 9.17) is 4.74 Å². The largest absolute Gasteiger partial charge is 0.489 e. The van der Waals surface area contributed by atoms with E-state index >= 15 is 0 Å². The summed E-state index contributed by atoms with van der Waals surface area (Å²) in [5, 5.41) is 9.20. The molecule has 0 unspecified atom stereocenters. The molecule has 2 fully saturated rings. The summed E-state index contributed by atoms with van der Waals surface area (Å²) in [6, 6.07) is 8.95. The van der Waals surface area contributed by atoms with Crippen molar-refractivity contribution in [3.63, 3.8) is 0 Å². The number of halogens is 6. The van der Waals surface area contributed by atoms with Gasteiger partial charge >= 0.3 is 18.3 Å². The molecular formula is C28H32F6N2O3. The van der Waals surface area contributed by atoms with Crippen molar-refractivity contribution in [1.82, 2.24) is 9.80 Å². The van der Waals surface area contributed by atoms with Crippen molar-refractivity contribution >= 4 is 5.97 Å². The van der Waals surface area contributed by atoms with E-state index in [-0.39, 0.29) is 17.5 Å². The number of carboxylic acid groups (broad SMARTS) is 1. The fourth-order valence-electron chi connectivity index (χ4n) is 5.43. The molecule has 2 aromatic carbocycles. The number of carbonyl (C=O) groups is 1. The molecule has 4 rings (SSSR count). The van der Waals surface area contributed by atoms with Gasteiger partial charge in [-0.15, -0.1) is 0 Å². The van der Waals surface area contributed by atoms with E-state index in [0.717, 1.165) is 64.0 Å². The molecule has 0 amide bonds. The zero-order chi connectivity index (χ0) is 28.2. The lowest BCUT2D eigenvalue weighted by Gasteiger charge is -2.41. The second-order valence-corrected chi connectivity index (χ2v) is 10.3. The van der Waals surface area contributed by atoms with Crippen molar-refractivity contribution < 1.29 is 41.0 Å². The van der Waals surface area contributed by atoms with Crippen LogP contribution in [-0.2, 0) is 30.2 Å². The Bertz CT molecular complexity index is 1090. The molecule has 5 nitrogen and oxygen atoms in total. The van der Waals surface area contributed by atoms with Crippen LogP contribution in [0.15, 0.2) is 42.5 Å². The monoisotopic (exact) mass is 558 g/mol. The lowest BCUT2D eigenvalue weighted by Crippen LogP contribution is -2.51. The Morgan fingerprint density at radius 3 is 2.03 bits per heavy atom. The van der Waals surface area contributed by atoms with Crippen molar-refractivity contribution in [3.8, 4) is 5.75 Å². The van der Waals surface area contributed by atoms with Gasteiger partial charge < -0.3 is 14.7 Å². The zero-order valence-electron chi connectivity index (χ0n) is 21.4. The summed E-state index contributed by atoms with van der Waals surface area (Å²) in [6.07, 6.45) is -5.96. The molecule has 214 valence electrons. The second kappa shape index (κ2) is 12.2. The summed E-state index contributed by atoms with van der Waals surface area (Å²) in [7, 11) is 0. The van der Waals surface area contributed by atoms with Crippen molar-refractivity contribution in [3.05, 3.63) is 64.7 Å². The maximum atomic E-state index is 13.2. The number of rotatable bonds is 8. The summed E-state index contributed by atoms with van der Waals surface area (Å²) < 4.78 is 84.8. The van der Waals surface area contributed by atoms with Gasteiger partial charge in [-0.3, -0.25) is 9.69 Å². The average molecular weight is 559 g/mol. The molecule has 0 radical (unpaired) electrons. The summed E-state index contributed by atoms with van der Waals surface area (Å²) >= 11 is 0. The molecule has 0 bridgehead atoms. The fraction of sp³-hybridized carbons (Fsp3) is 0.536. The third kappa shape index (κ3) is 7.88. The smallest absolute Gasteiger partial charge is 0.416 e. The highest BCUT2D eigenvalue weighted by atomic mass is 19.4. The Balaban J connectivity index is 1.31. The van der Waals surface area contributed by atoms with Gasteiger partial charge in [-0.05, 0) is 67.5 Å². The van der Waals surface area contributed by atoms with Crippen LogP contribution < -0.4 is 4.74 Å². The van der Waals surface area contributed by atoms with Gasteiger partial charge in [0.1, 0.15) is 12.4 Å². The predicted molar refractivity (Wildman–Crippen MR) is 132 cm³/mol. The fourth-order valence-corrected chi connectivity index (χ4v) is 5.43. The molecule has 1 heterocycles. The van der Waals surface area contributed by atoms with Gasteiger partial charge in [0, 0.05) is 38.8 Å². The topological polar surface area (TPSA) is 53.0 Å². The molecule has 11 heteroatoms. The molecule has 1 aliphatic carbocycles. The van der Waals surface area contributed by atoms with Crippen LogP contribution in [0.25, 0.3) is 0 Å². The van der Waals surface area contributed by atoms with Crippen LogP contribution in [0, 0.1) is 5.92 Å². The number of alkyl halides is 6. The van der Waals surface area contributed by atoms with Crippen molar-refractivity contribution in [1.29, 1.82) is 0 Å². The van der Waals surface area contributed by atoms with E-state index in [1.54, 1.807) is 12.1 Å². The lowest BCUT2D eigenvalue weighted by molar-refractivity contribution is -0.144. The first kappa shape index (κ1) is 29.2. The number of benzene rings is 2. The minimum absolute atomic E-state index is 0.109. The standard InChI is InChI=1S/C28H32F6N2O3/c29-27(30,31)22-15-19(16-23(17-22)28(32,33)34)18-39-25-4-2-1-3-20(25)9-10-35-11-13-36(14-12-35)24-7-5-21(6-8-24)26(37)38/h1-4,15-17,21,24H,5-14,18H2,(H,37,38). The van der Waals surface area contributed by atoms with Gasteiger partial charge in [-0.25, -0.2) is 0 Å². The minimum atomic E-state index is -4.91. The van der Waals surface area contributed by atoms with Crippen LogP contribution in [-0.4, -0.2) is 59.6 Å². The van der Waals surface area contributed by atoms with Gasteiger partial charge in [0.05, 0.1) is 17.0 Å². The van der Waals surface area contributed by atoms with Gasteiger partial charge in [-0.2, -0.15) is 26.3 Å². The quantitative estimate of drug-likeness (QED) is 0.397. The number of hydrogen-bond acceptors (Lipinski definition) is 4. The molecule has 1 saturated heterocycles. The Hall–Kier alpha value is -2.79. The number of piperazine rings is 1. The van der Waals surface area contributed by atoms with Crippen LogP contribution >= 0.6 is 0 Å². The van der Waals surface area contributed by atoms with E-state index in [1.165, 1.54) is 0 Å². The highest BCUT2D eigenvalue weighted by molar-refractivity contribution is 5.70. The molecule has 2 aliphatic rings. The summed E-state index contributed by atoms with van der Waals surface area (Å²) in [5.74, 6) is -0.509. The van der Waals surface area contributed by atoms with Crippen LogP contribution in [0.3, 0.4) is 0 Å². The third-order valence-corrected chi connectivity index (χ3v) is 7.68. The first-order chi connectivity index (χ1) is 18.4. The summed E-state index contributed by atoms with van der Waals surface area (Å²) in [4.78, 5) is 16.0. The minimum Gasteiger partial charge on any atom is -0.489 e. The van der Waals surface area contributed by atoms with E-state index in [0.29, 0.717) is 30.3 Å². The first-order valence-electron chi connectivity index (χ1n) is 13.1. The lowest BCUT2D eigenvalue weighted by atomic mass is 9.85. The van der Waals surface area contributed by atoms with Crippen molar-refractivity contribution in [2.45, 2.75) is 57.1 Å². The Labute approximate surface area is 223 Å². The third-order valence-electron chi connectivity index (χ3n) is 7.68. The summed E-state index contributed by atoms with van der Waals surface area (Å²) in [6.45, 7) is 3.85. The molecule has 2 aromatic rings. The number of carboxylic acids is 1. The van der Waals surface area contributed by atoms with Gasteiger partial charge in [0.25, 0.3) is 0 Å². The maximum Gasteiger partial charge on any atom is 0.416 e. The number of para-hydroxylation sites is 1. The Morgan fingerprint density at radius 2 is 1.46 bits per heavy atom. The first-order valence-corrected chi connectivity index (χ1v) is 13.1. The summed E-state index contributed by atoms with van der Waals surface area (Å²) in [5.41, 5.74) is -2.10. The van der Waals surface area contributed by atoms with Gasteiger partial charge in [0.15, 0.2) is 0 Å². The van der Waals surface area contributed by atoms with Crippen LogP contribution in [0.5, 0.6) is 5.75 Å². The molecule has 0 atom stereocenters. The number of aliphatic carboxylic acids is 1. The Morgan fingerprint density at radius 1 is 0.872 bits per heavy atom. The van der Waals surface area contributed by atoms with E-state index < -0.39 is 36.1 Å². The van der Waals surface area contributed by atoms with Crippen LogP contribution in [0.2, 0.25) is 0 Å². The number of hydrogen-bond donors (Lipinski definition) is 1. The molecule has 1 saturated carbocycles. The van der Waals surface area contributed by atoms with Crippen molar-refractivity contribution in [2.75, 3.05) is 32.7 Å². The highest BCUT2D eigenvalue weighted by Crippen LogP contribution is 2.36. The van der Waals surface area contributed by atoms with E-state index in [1.807, 2.05) is 12.1 Å². The number of ether oxygens (including phenoxy) is 1. The van der Waals surface area contributed by atoms with Gasteiger partial charge in [0.2, 0.25) is 0 Å². The second-order valence-electron chi connectivity index (χ2n) is 10.3. The average Bonchev–Trinajstić information content (AvgIpc) is 2.90. The van der Waals surface area contributed by atoms with Crippen LogP contribution in [0.4, 0.5) is 26.3 Å². The van der Waals surface area contributed by atoms with Crippen molar-refractivity contribution in [2.24, 2.45) is 5.92 Å². The number of nitrogens with zero attached hydrogens (tertiary/aromatic N) is 2. The Kier molecular flexibility index (Phi) is 9.10. The molecule has 1 aliphatic heterocycles. The molecule has 0 aromatic heterocycles.